The Bertz CT molecular complexity index is 793. The number of thiazole rings is 1. The first-order chi connectivity index (χ1) is 10.1. The van der Waals surface area contributed by atoms with E-state index in [9.17, 15) is 4.79 Å². The van der Waals surface area contributed by atoms with Crippen LogP contribution in [0.1, 0.15) is 34.2 Å². The molecule has 2 aromatic heterocycles. The van der Waals surface area contributed by atoms with Gasteiger partial charge in [-0.1, -0.05) is 0 Å². The minimum Gasteiger partial charge on any atom is -0.452 e. The minimum atomic E-state index is -0.358. The predicted octanol–water partition coefficient (Wildman–Crippen LogP) is 3.26. The Balaban J connectivity index is 1.84. The highest BCUT2D eigenvalue weighted by Gasteiger charge is 2.16. The topological polar surface area (TPSA) is 57.0 Å². The number of carbonyl (C=O) groups is 1. The number of ether oxygens (including phenoxy) is 1. The molecule has 0 radical (unpaired) electrons. The van der Waals surface area contributed by atoms with E-state index in [0.29, 0.717) is 5.56 Å². The molecule has 0 amide bonds. The summed E-state index contributed by atoms with van der Waals surface area (Å²) < 4.78 is 7.43. The summed E-state index contributed by atoms with van der Waals surface area (Å²) in [5, 5.41) is 2.65. The Morgan fingerprint density at radius 3 is 2.95 bits per heavy atom. The first kappa shape index (κ1) is 13.8. The summed E-state index contributed by atoms with van der Waals surface area (Å²) in [6.07, 6.45) is 1.35. The molecule has 108 valence electrons. The van der Waals surface area contributed by atoms with Gasteiger partial charge in [-0.2, -0.15) is 0 Å². The second-order valence-electron chi connectivity index (χ2n) is 4.84. The van der Waals surface area contributed by atoms with Crippen LogP contribution in [0.3, 0.4) is 0 Å². The molecule has 3 rings (SSSR count). The van der Waals surface area contributed by atoms with Gasteiger partial charge in [0, 0.05) is 18.6 Å². The van der Waals surface area contributed by atoms with Crippen LogP contribution in [0.5, 0.6) is 0 Å². The summed E-state index contributed by atoms with van der Waals surface area (Å²) in [4.78, 5) is 20.8. The second kappa shape index (κ2) is 5.29. The molecule has 0 fully saturated rings. The van der Waals surface area contributed by atoms with Crippen molar-refractivity contribution in [1.82, 2.24) is 14.5 Å². The lowest BCUT2D eigenvalue weighted by Crippen LogP contribution is -2.09. The van der Waals surface area contributed by atoms with Gasteiger partial charge in [0.1, 0.15) is 10.8 Å². The molecule has 0 aliphatic rings. The molecule has 0 aliphatic carbocycles. The summed E-state index contributed by atoms with van der Waals surface area (Å²) >= 11 is 1.47. The third-order valence-corrected chi connectivity index (χ3v) is 4.36. The van der Waals surface area contributed by atoms with Crippen molar-refractivity contribution in [3.8, 4) is 0 Å². The van der Waals surface area contributed by atoms with Crippen LogP contribution in [-0.2, 0) is 11.8 Å². The number of benzene rings is 1. The Labute approximate surface area is 126 Å². The molecule has 5 nitrogen and oxygen atoms in total. The largest absolute Gasteiger partial charge is 0.452 e. The normalized spacial score (nSPS) is 12.5. The molecule has 0 spiro atoms. The summed E-state index contributed by atoms with van der Waals surface area (Å²) in [6, 6.07) is 5.42. The highest BCUT2D eigenvalue weighted by molar-refractivity contribution is 7.09. The van der Waals surface area contributed by atoms with Crippen LogP contribution in [0, 0.1) is 6.92 Å². The maximum atomic E-state index is 12.2. The van der Waals surface area contributed by atoms with E-state index in [2.05, 4.69) is 9.97 Å². The predicted molar refractivity (Wildman–Crippen MR) is 81.4 cm³/mol. The van der Waals surface area contributed by atoms with E-state index in [0.717, 1.165) is 21.9 Å². The molecule has 0 saturated carbocycles. The van der Waals surface area contributed by atoms with Crippen molar-refractivity contribution < 1.29 is 9.53 Å². The molecule has 0 aliphatic heterocycles. The van der Waals surface area contributed by atoms with Crippen LogP contribution in [0.15, 0.2) is 29.8 Å². The van der Waals surface area contributed by atoms with Crippen LogP contribution < -0.4 is 0 Å². The van der Waals surface area contributed by atoms with E-state index in [-0.39, 0.29) is 12.1 Å². The first-order valence-corrected chi connectivity index (χ1v) is 7.47. The average Bonchev–Trinajstić information content (AvgIpc) is 3.08. The Morgan fingerprint density at radius 1 is 1.43 bits per heavy atom. The fraction of sp³-hybridized carbons (Fsp3) is 0.267. The number of rotatable bonds is 3. The molecule has 0 bridgehead atoms. The smallest absolute Gasteiger partial charge is 0.338 e. The fourth-order valence-corrected chi connectivity index (χ4v) is 2.78. The molecule has 1 aromatic carbocycles. The van der Waals surface area contributed by atoms with E-state index >= 15 is 0 Å². The average molecular weight is 301 g/mol. The zero-order chi connectivity index (χ0) is 15.0. The van der Waals surface area contributed by atoms with Gasteiger partial charge >= 0.3 is 5.97 Å². The zero-order valence-electron chi connectivity index (χ0n) is 12.0. The molecular weight excluding hydrogens is 286 g/mol. The van der Waals surface area contributed by atoms with Crippen molar-refractivity contribution in [2.45, 2.75) is 20.0 Å². The molecule has 1 unspecified atom stereocenters. The Morgan fingerprint density at radius 2 is 2.24 bits per heavy atom. The van der Waals surface area contributed by atoms with Gasteiger partial charge in [0.2, 0.25) is 0 Å². The number of aryl methyl sites for hydroxylation is 2. The second-order valence-corrected chi connectivity index (χ2v) is 5.77. The Hall–Kier alpha value is -2.21. The van der Waals surface area contributed by atoms with Gasteiger partial charge in [-0.05, 0) is 32.0 Å². The lowest BCUT2D eigenvalue weighted by molar-refractivity contribution is 0.0337. The molecule has 6 heteroatoms. The molecule has 21 heavy (non-hydrogen) atoms. The standard InChI is InChI=1S/C15H15N3O2S/c1-9(14-16-6-7-21-14)20-15(19)11-4-5-13-12(8-11)17-10(2)18(13)3/h4-9H,1-3H3. The molecule has 0 saturated heterocycles. The van der Waals surface area contributed by atoms with Crippen LogP contribution in [0.2, 0.25) is 0 Å². The van der Waals surface area contributed by atoms with Gasteiger partial charge in [-0.25, -0.2) is 14.8 Å². The maximum absolute atomic E-state index is 12.2. The van der Waals surface area contributed by atoms with Crippen LogP contribution in [-0.4, -0.2) is 20.5 Å². The van der Waals surface area contributed by atoms with Crippen LogP contribution in [0.4, 0.5) is 0 Å². The lowest BCUT2D eigenvalue weighted by atomic mass is 10.2. The van der Waals surface area contributed by atoms with Crippen molar-refractivity contribution in [3.05, 3.63) is 46.2 Å². The molecule has 2 heterocycles. The van der Waals surface area contributed by atoms with E-state index in [1.54, 1.807) is 18.3 Å². The number of esters is 1. The monoisotopic (exact) mass is 301 g/mol. The Kier molecular flexibility index (Phi) is 3.47. The molecule has 1 atom stereocenters. The molecule has 3 aromatic rings. The van der Waals surface area contributed by atoms with E-state index in [1.807, 2.05) is 36.9 Å². The highest BCUT2D eigenvalue weighted by Crippen LogP contribution is 2.22. The maximum Gasteiger partial charge on any atom is 0.338 e. The van der Waals surface area contributed by atoms with Crippen LogP contribution in [0.25, 0.3) is 11.0 Å². The van der Waals surface area contributed by atoms with Crippen LogP contribution >= 0.6 is 11.3 Å². The number of hydrogen-bond donors (Lipinski definition) is 0. The van der Waals surface area contributed by atoms with E-state index in [4.69, 9.17) is 4.74 Å². The van der Waals surface area contributed by atoms with Gasteiger partial charge < -0.3 is 9.30 Å². The quantitative estimate of drug-likeness (QED) is 0.697. The minimum absolute atomic E-state index is 0.348. The molecule has 0 N–H and O–H groups in total. The van der Waals surface area contributed by atoms with Crippen molar-refractivity contribution in [2.75, 3.05) is 0 Å². The summed E-state index contributed by atoms with van der Waals surface area (Å²) in [5.74, 6) is 0.551. The first-order valence-electron chi connectivity index (χ1n) is 6.59. The van der Waals surface area contributed by atoms with E-state index < -0.39 is 0 Å². The van der Waals surface area contributed by atoms with Crippen molar-refractivity contribution in [1.29, 1.82) is 0 Å². The van der Waals surface area contributed by atoms with Crippen molar-refractivity contribution >= 4 is 28.3 Å². The van der Waals surface area contributed by atoms with Crippen molar-refractivity contribution in [3.63, 3.8) is 0 Å². The third kappa shape index (κ3) is 2.54. The number of fused-ring (bicyclic) bond motifs is 1. The van der Waals surface area contributed by atoms with Crippen molar-refractivity contribution in [2.24, 2.45) is 7.05 Å². The fourth-order valence-electron chi connectivity index (χ4n) is 2.16. The summed E-state index contributed by atoms with van der Waals surface area (Å²) in [7, 11) is 1.95. The van der Waals surface area contributed by atoms with Gasteiger partial charge in [0.25, 0.3) is 0 Å². The summed E-state index contributed by atoms with van der Waals surface area (Å²) in [6.45, 7) is 3.75. The number of imidazole rings is 1. The van der Waals surface area contributed by atoms with Gasteiger partial charge in [0.05, 0.1) is 16.6 Å². The third-order valence-electron chi connectivity index (χ3n) is 3.42. The number of nitrogens with zero attached hydrogens (tertiary/aromatic N) is 3. The number of carbonyl (C=O) groups excluding carboxylic acids is 1. The SMILES string of the molecule is Cc1nc2cc(C(=O)OC(C)c3nccs3)ccc2n1C. The van der Waals surface area contributed by atoms with E-state index in [1.165, 1.54) is 11.3 Å². The lowest BCUT2D eigenvalue weighted by Gasteiger charge is -2.10. The summed E-state index contributed by atoms with van der Waals surface area (Å²) in [5.41, 5.74) is 2.30. The number of hydrogen-bond acceptors (Lipinski definition) is 5. The van der Waals surface area contributed by atoms with Gasteiger partial charge in [0.15, 0.2) is 6.10 Å². The van der Waals surface area contributed by atoms with Gasteiger partial charge in [-0.15, -0.1) is 11.3 Å². The highest BCUT2D eigenvalue weighted by atomic mass is 32.1. The molecular formula is C15H15N3O2S. The van der Waals surface area contributed by atoms with Gasteiger partial charge in [-0.3, -0.25) is 0 Å². The zero-order valence-corrected chi connectivity index (χ0v) is 12.8. The number of aromatic nitrogens is 3.